The van der Waals surface area contributed by atoms with E-state index >= 15 is 0 Å². The van der Waals surface area contributed by atoms with Crippen LogP contribution in [0.4, 0.5) is 0 Å². The van der Waals surface area contributed by atoms with E-state index in [1.165, 1.54) is 5.56 Å². The van der Waals surface area contributed by atoms with Gasteiger partial charge in [-0.1, -0.05) is 17.7 Å². The number of rotatable bonds is 4. The third kappa shape index (κ3) is 2.94. The van der Waals surface area contributed by atoms with E-state index in [0.717, 1.165) is 17.7 Å². The van der Waals surface area contributed by atoms with Crippen LogP contribution in [-0.4, -0.2) is 18.1 Å². The summed E-state index contributed by atoms with van der Waals surface area (Å²) in [5.41, 5.74) is 2.27. The molecule has 90 valence electrons. The van der Waals surface area contributed by atoms with E-state index in [-0.39, 0.29) is 0 Å². The summed E-state index contributed by atoms with van der Waals surface area (Å²) in [7, 11) is 1.95. The summed E-state index contributed by atoms with van der Waals surface area (Å²) < 4.78 is 5.73. The van der Waals surface area contributed by atoms with Crippen LogP contribution in [-0.2, 0) is 6.42 Å². The number of nitrogens with one attached hydrogen (secondary N) is 1. The van der Waals surface area contributed by atoms with Crippen LogP contribution in [0.2, 0.25) is 0 Å². The van der Waals surface area contributed by atoms with Crippen molar-refractivity contribution in [2.75, 3.05) is 7.05 Å². The van der Waals surface area contributed by atoms with Crippen molar-refractivity contribution in [3.63, 3.8) is 0 Å². The molecule has 0 radical (unpaired) electrons. The van der Waals surface area contributed by atoms with Gasteiger partial charge in [0.2, 0.25) is 5.89 Å². The van der Waals surface area contributed by atoms with Crippen molar-refractivity contribution < 1.29 is 4.42 Å². The normalized spacial score (nSPS) is 12.6. The Morgan fingerprint density at radius 1 is 1.29 bits per heavy atom. The van der Waals surface area contributed by atoms with Gasteiger partial charge in [-0.05, 0) is 33.0 Å². The fourth-order valence-electron chi connectivity index (χ4n) is 1.64. The molecule has 3 heteroatoms. The van der Waals surface area contributed by atoms with Crippen LogP contribution in [0, 0.1) is 6.92 Å². The minimum atomic E-state index is 0.397. The lowest BCUT2D eigenvalue weighted by Crippen LogP contribution is -2.23. The first-order valence-corrected chi connectivity index (χ1v) is 5.88. The zero-order valence-electron chi connectivity index (χ0n) is 10.5. The molecule has 17 heavy (non-hydrogen) atoms. The smallest absolute Gasteiger partial charge is 0.226 e. The maximum absolute atomic E-state index is 5.73. The predicted molar refractivity (Wildman–Crippen MR) is 68.9 cm³/mol. The second-order valence-corrected chi connectivity index (χ2v) is 4.39. The molecule has 0 spiro atoms. The monoisotopic (exact) mass is 230 g/mol. The van der Waals surface area contributed by atoms with Crippen LogP contribution in [0.5, 0.6) is 0 Å². The molecule has 1 aromatic carbocycles. The third-order valence-corrected chi connectivity index (χ3v) is 2.85. The maximum Gasteiger partial charge on any atom is 0.226 e. The molecule has 1 aromatic heterocycles. The van der Waals surface area contributed by atoms with Gasteiger partial charge >= 0.3 is 0 Å². The van der Waals surface area contributed by atoms with Gasteiger partial charge in [0.1, 0.15) is 5.76 Å². The van der Waals surface area contributed by atoms with Crippen molar-refractivity contribution >= 4 is 0 Å². The first kappa shape index (κ1) is 11.9. The highest BCUT2D eigenvalue weighted by Gasteiger charge is 2.08. The molecule has 3 nitrogen and oxygen atoms in total. The van der Waals surface area contributed by atoms with Crippen LogP contribution < -0.4 is 5.32 Å². The van der Waals surface area contributed by atoms with Gasteiger partial charge in [0.15, 0.2) is 0 Å². The second kappa shape index (κ2) is 5.15. The maximum atomic E-state index is 5.73. The molecule has 0 aliphatic rings. The van der Waals surface area contributed by atoms with E-state index in [2.05, 4.69) is 36.3 Å². The molecule has 2 aromatic rings. The molecule has 1 heterocycles. The number of aryl methyl sites for hydroxylation is 1. The molecule has 0 bridgehead atoms. The molecule has 0 amide bonds. The molecule has 0 saturated heterocycles. The molecule has 1 unspecified atom stereocenters. The van der Waals surface area contributed by atoms with Gasteiger partial charge in [0, 0.05) is 18.0 Å². The number of oxazole rings is 1. The van der Waals surface area contributed by atoms with Gasteiger partial charge in [0.05, 0.1) is 6.20 Å². The Labute approximate surface area is 102 Å². The SMILES string of the molecule is CNC(C)Cc1cnc(-c2ccc(C)cc2)o1. The topological polar surface area (TPSA) is 38.1 Å². The Kier molecular flexibility index (Phi) is 3.59. The van der Waals surface area contributed by atoms with Crippen LogP contribution >= 0.6 is 0 Å². The van der Waals surface area contributed by atoms with Crippen LogP contribution in [0.3, 0.4) is 0 Å². The summed E-state index contributed by atoms with van der Waals surface area (Å²) in [4.78, 5) is 4.31. The molecule has 0 saturated carbocycles. The Morgan fingerprint density at radius 3 is 2.65 bits per heavy atom. The summed E-state index contributed by atoms with van der Waals surface area (Å²) in [6, 6.07) is 8.60. The number of likely N-dealkylation sites (N-methyl/N-ethyl adjacent to an activating group) is 1. The minimum absolute atomic E-state index is 0.397. The highest BCUT2D eigenvalue weighted by Crippen LogP contribution is 2.20. The van der Waals surface area contributed by atoms with E-state index in [0.29, 0.717) is 11.9 Å². The van der Waals surface area contributed by atoms with E-state index in [9.17, 15) is 0 Å². The Balaban J connectivity index is 2.15. The van der Waals surface area contributed by atoms with Gasteiger partial charge in [-0.15, -0.1) is 0 Å². The van der Waals surface area contributed by atoms with Crippen molar-refractivity contribution in [3.05, 3.63) is 41.8 Å². The van der Waals surface area contributed by atoms with Crippen molar-refractivity contribution in [1.82, 2.24) is 10.3 Å². The molecule has 2 rings (SSSR count). The first-order chi connectivity index (χ1) is 8.19. The number of hydrogen-bond donors (Lipinski definition) is 1. The van der Waals surface area contributed by atoms with Crippen molar-refractivity contribution in [2.24, 2.45) is 0 Å². The minimum Gasteiger partial charge on any atom is -0.441 e. The summed E-state index contributed by atoms with van der Waals surface area (Å²) in [6.07, 6.45) is 2.67. The van der Waals surface area contributed by atoms with E-state index < -0.39 is 0 Å². The number of benzene rings is 1. The van der Waals surface area contributed by atoms with Crippen LogP contribution in [0.15, 0.2) is 34.9 Å². The fourth-order valence-corrected chi connectivity index (χ4v) is 1.64. The van der Waals surface area contributed by atoms with Gasteiger partial charge in [-0.2, -0.15) is 0 Å². The number of nitrogens with zero attached hydrogens (tertiary/aromatic N) is 1. The second-order valence-electron chi connectivity index (χ2n) is 4.39. The van der Waals surface area contributed by atoms with E-state index in [4.69, 9.17) is 4.42 Å². The van der Waals surface area contributed by atoms with Crippen molar-refractivity contribution in [1.29, 1.82) is 0 Å². The van der Waals surface area contributed by atoms with Gasteiger partial charge in [0.25, 0.3) is 0 Å². The molecular weight excluding hydrogens is 212 g/mol. The molecule has 1 N–H and O–H groups in total. The standard InChI is InChI=1S/C14H18N2O/c1-10-4-6-12(7-5-10)14-16-9-13(17-14)8-11(2)15-3/h4-7,9,11,15H,8H2,1-3H3. The van der Waals surface area contributed by atoms with E-state index in [1.807, 2.05) is 25.4 Å². The van der Waals surface area contributed by atoms with Crippen LogP contribution in [0.1, 0.15) is 18.2 Å². The lowest BCUT2D eigenvalue weighted by atomic mass is 10.1. The summed E-state index contributed by atoms with van der Waals surface area (Å²) >= 11 is 0. The fraction of sp³-hybridized carbons (Fsp3) is 0.357. The lowest BCUT2D eigenvalue weighted by Gasteiger charge is -2.06. The van der Waals surface area contributed by atoms with Gasteiger partial charge < -0.3 is 9.73 Å². The first-order valence-electron chi connectivity index (χ1n) is 5.88. The number of hydrogen-bond acceptors (Lipinski definition) is 3. The average molecular weight is 230 g/mol. The molecule has 0 aliphatic carbocycles. The zero-order chi connectivity index (χ0) is 12.3. The third-order valence-electron chi connectivity index (χ3n) is 2.85. The Bertz CT molecular complexity index is 473. The molecule has 1 atom stereocenters. The highest BCUT2D eigenvalue weighted by atomic mass is 16.4. The molecule has 0 aliphatic heterocycles. The summed E-state index contributed by atoms with van der Waals surface area (Å²) in [5, 5.41) is 3.18. The van der Waals surface area contributed by atoms with Gasteiger partial charge in [-0.3, -0.25) is 0 Å². The molecular formula is C14H18N2O. The Hall–Kier alpha value is -1.61. The lowest BCUT2D eigenvalue weighted by molar-refractivity contribution is 0.479. The highest BCUT2D eigenvalue weighted by molar-refractivity contribution is 5.53. The van der Waals surface area contributed by atoms with Gasteiger partial charge in [-0.25, -0.2) is 4.98 Å². The predicted octanol–water partition coefficient (Wildman–Crippen LogP) is 2.80. The van der Waals surface area contributed by atoms with Crippen molar-refractivity contribution in [2.45, 2.75) is 26.3 Å². The summed E-state index contributed by atoms with van der Waals surface area (Å²) in [6.45, 7) is 4.19. The molecule has 0 fully saturated rings. The average Bonchev–Trinajstić information content (AvgIpc) is 2.78. The van der Waals surface area contributed by atoms with Crippen molar-refractivity contribution in [3.8, 4) is 11.5 Å². The quantitative estimate of drug-likeness (QED) is 0.877. The van der Waals surface area contributed by atoms with Crippen LogP contribution in [0.25, 0.3) is 11.5 Å². The van der Waals surface area contributed by atoms with E-state index in [1.54, 1.807) is 0 Å². The summed E-state index contributed by atoms with van der Waals surface area (Å²) in [5.74, 6) is 1.62. The Morgan fingerprint density at radius 2 is 2.00 bits per heavy atom. The largest absolute Gasteiger partial charge is 0.441 e. The zero-order valence-corrected chi connectivity index (χ0v) is 10.5. The number of aromatic nitrogens is 1.